The van der Waals surface area contributed by atoms with Gasteiger partial charge in [-0.3, -0.25) is 9.59 Å². The van der Waals surface area contributed by atoms with Crippen LogP contribution in [-0.2, 0) is 14.3 Å². The van der Waals surface area contributed by atoms with E-state index in [1.165, 1.54) is 31.2 Å². The van der Waals surface area contributed by atoms with Crippen molar-refractivity contribution in [2.24, 2.45) is 0 Å². The molecule has 2 N–H and O–H groups in total. The number of carbonyl (C=O) groups excluding carboxylic acids is 3. The van der Waals surface area contributed by atoms with Crippen LogP contribution in [0.5, 0.6) is 0 Å². The highest BCUT2D eigenvalue weighted by molar-refractivity contribution is 5.96. The quantitative estimate of drug-likeness (QED) is 0.814. The van der Waals surface area contributed by atoms with Crippen molar-refractivity contribution >= 4 is 29.2 Å². The van der Waals surface area contributed by atoms with E-state index in [1.807, 2.05) is 0 Å². The summed E-state index contributed by atoms with van der Waals surface area (Å²) < 4.78 is 30.9. The molecule has 0 unspecified atom stereocenters. The fourth-order valence-electron chi connectivity index (χ4n) is 1.93. The summed E-state index contributed by atoms with van der Waals surface area (Å²) in [5.41, 5.74) is 0.604. The third-order valence-electron chi connectivity index (χ3n) is 2.92. The average molecular weight is 348 g/mol. The first-order valence-corrected chi connectivity index (χ1v) is 7.14. The van der Waals surface area contributed by atoms with Gasteiger partial charge in [0.05, 0.1) is 5.56 Å². The number of carbonyl (C=O) groups is 3. The monoisotopic (exact) mass is 348 g/mol. The molecule has 0 atom stereocenters. The van der Waals surface area contributed by atoms with E-state index in [0.717, 1.165) is 12.1 Å². The number of benzene rings is 2. The third kappa shape index (κ3) is 5.69. The lowest BCUT2D eigenvalue weighted by atomic mass is 10.2. The number of nitrogens with one attached hydrogen (secondary N) is 2. The van der Waals surface area contributed by atoms with Crippen LogP contribution in [0.1, 0.15) is 17.3 Å². The van der Waals surface area contributed by atoms with Crippen molar-refractivity contribution in [3.05, 3.63) is 59.7 Å². The fourth-order valence-corrected chi connectivity index (χ4v) is 1.93. The molecule has 8 heteroatoms. The molecule has 6 nitrogen and oxygen atoms in total. The maximum absolute atomic E-state index is 13.0. The highest BCUT2D eigenvalue weighted by atomic mass is 19.1. The molecule has 2 aromatic carbocycles. The molecule has 2 rings (SSSR count). The summed E-state index contributed by atoms with van der Waals surface area (Å²) in [7, 11) is 0. The van der Waals surface area contributed by atoms with Gasteiger partial charge in [0.25, 0.3) is 5.91 Å². The summed E-state index contributed by atoms with van der Waals surface area (Å²) in [5.74, 6) is -3.43. The molecule has 0 fully saturated rings. The zero-order valence-corrected chi connectivity index (χ0v) is 13.1. The van der Waals surface area contributed by atoms with Crippen LogP contribution < -0.4 is 10.6 Å². The summed E-state index contributed by atoms with van der Waals surface area (Å²) >= 11 is 0. The smallest absolute Gasteiger partial charge is 0.338 e. The molecule has 0 spiro atoms. The van der Waals surface area contributed by atoms with Gasteiger partial charge in [-0.1, -0.05) is 0 Å². The lowest BCUT2D eigenvalue weighted by Gasteiger charge is -2.08. The van der Waals surface area contributed by atoms with Crippen molar-refractivity contribution < 1.29 is 27.9 Å². The van der Waals surface area contributed by atoms with Gasteiger partial charge in [-0.15, -0.1) is 0 Å². The minimum absolute atomic E-state index is 0.0850. The molecule has 0 aliphatic carbocycles. The van der Waals surface area contributed by atoms with Crippen molar-refractivity contribution in [3.63, 3.8) is 0 Å². The normalized spacial score (nSPS) is 10.0. The number of hydrogen-bond acceptors (Lipinski definition) is 4. The van der Waals surface area contributed by atoms with Crippen molar-refractivity contribution in [1.29, 1.82) is 0 Å². The Bertz CT molecular complexity index is 787. The van der Waals surface area contributed by atoms with Crippen LogP contribution in [0.25, 0.3) is 0 Å². The van der Waals surface area contributed by atoms with Gasteiger partial charge >= 0.3 is 5.97 Å². The molecule has 0 saturated carbocycles. The largest absolute Gasteiger partial charge is 0.452 e. The average Bonchev–Trinajstić information content (AvgIpc) is 2.51. The van der Waals surface area contributed by atoms with Gasteiger partial charge < -0.3 is 15.4 Å². The van der Waals surface area contributed by atoms with Gasteiger partial charge in [0.15, 0.2) is 6.61 Å². The summed E-state index contributed by atoms with van der Waals surface area (Å²) in [6, 6.07) is 8.40. The predicted molar refractivity (Wildman–Crippen MR) is 86.0 cm³/mol. The van der Waals surface area contributed by atoms with Crippen molar-refractivity contribution in [3.8, 4) is 0 Å². The maximum atomic E-state index is 13.0. The Labute approximate surface area is 141 Å². The summed E-state index contributed by atoms with van der Waals surface area (Å²) in [5, 5.41) is 4.76. The second-order valence-corrected chi connectivity index (χ2v) is 5.04. The molecule has 0 heterocycles. The van der Waals surface area contributed by atoms with Gasteiger partial charge in [0.1, 0.15) is 11.6 Å². The molecule has 130 valence electrons. The van der Waals surface area contributed by atoms with E-state index < -0.39 is 30.1 Å². The van der Waals surface area contributed by atoms with Crippen LogP contribution in [0.15, 0.2) is 42.5 Å². The molecule has 0 saturated heterocycles. The zero-order valence-electron chi connectivity index (χ0n) is 13.1. The first-order valence-electron chi connectivity index (χ1n) is 7.14. The highest BCUT2D eigenvalue weighted by Crippen LogP contribution is 2.13. The zero-order chi connectivity index (χ0) is 18.4. The number of amides is 2. The maximum Gasteiger partial charge on any atom is 0.338 e. The Kier molecular flexibility index (Phi) is 5.78. The summed E-state index contributed by atoms with van der Waals surface area (Å²) in [6.07, 6.45) is 0. The number of ether oxygens (including phenoxy) is 1. The Balaban J connectivity index is 1.88. The Morgan fingerprint density at radius 2 is 1.52 bits per heavy atom. The minimum Gasteiger partial charge on any atom is -0.452 e. The molecule has 0 aliphatic rings. The van der Waals surface area contributed by atoms with E-state index in [2.05, 4.69) is 10.6 Å². The standard InChI is InChI=1S/C17H14F2N2O4/c1-10(22)20-14-4-2-11(3-5-14)17(24)25-9-16(23)21-15-7-12(18)6-13(19)8-15/h2-8H,9H2,1H3,(H,20,22)(H,21,23). The van der Waals surface area contributed by atoms with E-state index >= 15 is 0 Å². The number of rotatable bonds is 5. The third-order valence-corrected chi connectivity index (χ3v) is 2.92. The van der Waals surface area contributed by atoms with E-state index in [1.54, 1.807) is 0 Å². The number of halogens is 2. The lowest BCUT2D eigenvalue weighted by Crippen LogP contribution is -2.21. The van der Waals surface area contributed by atoms with Crippen LogP contribution >= 0.6 is 0 Å². The number of anilines is 2. The van der Waals surface area contributed by atoms with Gasteiger partial charge in [-0.25, -0.2) is 13.6 Å². The Morgan fingerprint density at radius 3 is 2.08 bits per heavy atom. The Morgan fingerprint density at radius 1 is 0.920 bits per heavy atom. The Hall–Kier alpha value is -3.29. The number of esters is 1. The molecular weight excluding hydrogens is 334 g/mol. The van der Waals surface area contributed by atoms with Gasteiger partial charge in [0.2, 0.25) is 5.91 Å². The molecule has 0 aromatic heterocycles. The predicted octanol–water partition coefficient (Wildman–Crippen LogP) is 2.72. The molecule has 0 radical (unpaired) electrons. The first kappa shape index (κ1) is 18.1. The van der Waals surface area contributed by atoms with E-state index in [4.69, 9.17) is 4.74 Å². The molecule has 2 aromatic rings. The van der Waals surface area contributed by atoms with Crippen molar-refractivity contribution in [1.82, 2.24) is 0 Å². The van der Waals surface area contributed by atoms with Crippen LogP contribution in [0.2, 0.25) is 0 Å². The van der Waals surface area contributed by atoms with Crippen molar-refractivity contribution in [2.45, 2.75) is 6.92 Å². The SMILES string of the molecule is CC(=O)Nc1ccc(C(=O)OCC(=O)Nc2cc(F)cc(F)c2)cc1. The topological polar surface area (TPSA) is 84.5 Å². The first-order chi connectivity index (χ1) is 11.8. The molecule has 0 bridgehead atoms. The second kappa shape index (κ2) is 8.00. The molecular formula is C17H14F2N2O4. The summed E-state index contributed by atoms with van der Waals surface area (Å²) in [4.78, 5) is 34.4. The molecule has 25 heavy (non-hydrogen) atoms. The lowest BCUT2D eigenvalue weighted by molar-refractivity contribution is -0.119. The van der Waals surface area contributed by atoms with Gasteiger partial charge in [-0.05, 0) is 36.4 Å². The highest BCUT2D eigenvalue weighted by Gasteiger charge is 2.11. The van der Waals surface area contributed by atoms with E-state index in [0.29, 0.717) is 11.8 Å². The molecule has 0 aliphatic heterocycles. The van der Waals surface area contributed by atoms with Gasteiger partial charge in [0, 0.05) is 24.4 Å². The van der Waals surface area contributed by atoms with Crippen LogP contribution in [-0.4, -0.2) is 24.4 Å². The van der Waals surface area contributed by atoms with Crippen molar-refractivity contribution in [2.75, 3.05) is 17.2 Å². The van der Waals surface area contributed by atoms with Crippen LogP contribution in [0.4, 0.5) is 20.2 Å². The number of hydrogen-bond donors (Lipinski definition) is 2. The fraction of sp³-hybridized carbons (Fsp3) is 0.118. The second-order valence-electron chi connectivity index (χ2n) is 5.04. The van der Waals surface area contributed by atoms with Gasteiger partial charge in [-0.2, -0.15) is 0 Å². The van der Waals surface area contributed by atoms with E-state index in [9.17, 15) is 23.2 Å². The van der Waals surface area contributed by atoms with Crippen LogP contribution in [0.3, 0.4) is 0 Å². The molecule has 2 amide bonds. The van der Waals surface area contributed by atoms with Crippen LogP contribution in [0, 0.1) is 11.6 Å². The minimum atomic E-state index is -0.841. The summed E-state index contributed by atoms with van der Waals surface area (Å²) in [6.45, 7) is 0.732. The van der Waals surface area contributed by atoms with E-state index in [-0.39, 0.29) is 17.2 Å².